The van der Waals surface area contributed by atoms with Crippen molar-refractivity contribution in [2.45, 2.75) is 13.8 Å². The molecule has 0 aliphatic carbocycles. The standard InChI is InChI=1S/C17H18O3/c1-3-19-17-11-13(2)9-10-16(17)20-12-15(18)14-7-5-4-6-8-14/h4-11H,3,12H2,1-2H3. The van der Waals surface area contributed by atoms with E-state index in [2.05, 4.69) is 0 Å². The molecule has 2 aromatic carbocycles. The molecule has 0 fully saturated rings. The molecule has 0 spiro atoms. The molecule has 20 heavy (non-hydrogen) atoms. The third-order valence-electron chi connectivity index (χ3n) is 2.85. The van der Waals surface area contributed by atoms with Crippen LogP contribution < -0.4 is 9.47 Å². The summed E-state index contributed by atoms with van der Waals surface area (Å²) in [4.78, 5) is 12.0. The van der Waals surface area contributed by atoms with E-state index in [0.717, 1.165) is 5.56 Å². The van der Waals surface area contributed by atoms with Gasteiger partial charge in [-0.3, -0.25) is 4.79 Å². The van der Waals surface area contributed by atoms with Crippen molar-refractivity contribution in [2.24, 2.45) is 0 Å². The summed E-state index contributed by atoms with van der Waals surface area (Å²) in [6.45, 7) is 4.47. The van der Waals surface area contributed by atoms with Crippen LogP contribution in [0.3, 0.4) is 0 Å². The maximum absolute atomic E-state index is 12.0. The molecule has 0 aromatic heterocycles. The maximum Gasteiger partial charge on any atom is 0.200 e. The quantitative estimate of drug-likeness (QED) is 0.751. The van der Waals surface area contributed by atoms with E-state index in [0.29, 0.717) is 23.7 Å². The minimum Gasteiger partial charge on any atom is -0.490 e. The van der Waals surface area contributed by atoms with Gasteiger partial charge in [-0.2, -0.15) is 0 Å². The first-order valence-electron chi connectivity index (χ1n) is 6.65. The topological polar surface area (TPSA) is 35.5 Å². The van der Waals surface area contributed by atoms with Crippen LogP contribution in [0, 0.1) is 6.92 Å². The average Bonchev–Trinajstić information content (AvgIpc) is 2.47. The van der Waals surface area contributed by atoms with Crippen LogP contribution in [0.15, 0.2) is 48.5 Å². The Bertz CT molecular complexity index is 576. The summed E-state index contributed by atoms with van der Waals surface area (Å²) >= 11 is 0. The summed E-state index contributed by atoms with van der Waals surface area (Å²) in [5.74, 6) is 1.23. The number of Topliss-reactive ketones (excluding diaryl/α,β-unsaturated/α-hetero) is 1. The number of carbonyl (C=O) groups excluding carboxylic acids is 1. The predicted octanol–water partition coefficient (Wildman–Crippen LogP) is 3.66. The number of hydrogen-bond donors (Lipinski definition) is 0. The minimum atomic E-state index is -0.0476. The molecule has 2 rings (SSSR count). The highest BCUT2D eigenvalue weighted by Crippen LogP contribution is 2.28. The second-order valence-electron chi connectivity index (χ2n) is 4.46. The van der Waals surface area contributed by atoms with Crippen LogP contribution in [-0.2, 0) is 0 Å². The average molecular weight is 270 g/mol. The molecule has 0 N–H and O–H groups in total. The molecular formula is C17H18O3. The van der Waals surface area contributed by atoms with Crippen molar-refractivity contribution >= 4 is 5.78 Å². The molecule has 2 aromatic rings. The van der Waals surface area contributed by atoms with Crippen molar-refractivity contribution in [3.05, 3.63) is 59.7 Å². The van der Waals surface area contributed by atoms with Gasteiger partial charge in [0.1, 0.15) is 0 Å². The van der Waals surface area contributed by atoms with Gasteiger partial charge >= 0.3 is 0 Å². The number of benzene rings is 2. The fraction of sp³-hybridized carbons (Fsp3) is 0.235. The second kappa shape index (κ2) is 6.75. The monoisotopic (exact) mass is 270 g/mol. The summed E-state index contributed by atoms with van der Waals surface area (Å²) in [5.41, 5.74) is 1.74. The van der Waals surface area contributed by atoms with Crippen molar-refractivity contribution in [2.75, 3.05) is 13.2 Å². The molecule has 0 atom stereocenters. The molecule has 3 heteroatoms. The SMILES string of the molecule is CCOc1cc(C)ccc1OCC(=O)c1ccccc1. The van der Waals surface area contributed by atoms with Crippen molar-refractivity contribution in [3.8, 4) is 11.5 Å². The lowest BCUT2D eigenvalue weighted by Crippen LogP contribution is -2.12. The molecule has 0 saturated carbocycles. The number of ether oxygens (including phenoxy) is 2. The largest absolute Gasteiger partial charge is 0.490 e. The Morgan fingerprint density at radius 2 is 1.75 bits per heavy atom. The summed E-state index contributed by atoms with van der Waals surface area (Å²) in [6, 6.07) is 14.8. The fourth-order valence-electron chi connectivity index (χ4n) is 1.85. The molecule has 0 bridgehead atoms. The summed E-state index contributed by atoms with van der Waals surface area (Å²) in [5, 5.41) is 0. The highest BCUT2D eigenvalue weighted by Gasteiger charge is 2.09. The lowest BCUT2D eigenvalue weighted by atomic mass is 10.1. The van der Waals surface area contributed by atoms with E-state index in [1.54, 1.807) is 12.1 Å². The normalized spacial score (nSPS) is 10.1. The first-order chi connectivity index (χ1) is 9.70. The molecule has 0 radical (unpaired) electrons. The van der Waals surface area contributed by atoms with E-state index in [9.17, 15) is 4.79 Å². The summed E-state index contributed by atoms with van der Waals surface area (Å²) in [7, 11) is 0. The van der Waals surface area contributed by atoms with Gasteiger partial charge in [0.25, 0.3) is 0 Å². The molecule has 0 saturated heterocycles. The van der Waals surface area contributed by atoms with Crippen molar-refractivity contribution in [3.63, 3.8) is 0 Å². The zero-order chi connectivity index (χ0) is 14.4. The van der Waals surface area contributed by atoms with Crippen LogP contribution in [0.1, 0.15) is 22.8 Å². The van der Waals surface area contributed by atoms with Gasteiger partial charge in [0.15, 0.2) is 23.9 Å². The van der Waals surface area contributed by atoms with E-state index in [1.165, 1.54) is 0 Å². The summed E-state index contributed by atoms with van der Waals surface area (Å²) in [6.07, 6.45) is 0. The van der Waals surface area contributed by atoms with Crippen LogP contribution in [-0.4, -0.2) is 19.0 Å². The van der Waals surface area contributed by atoms with Crippen LogP contribution >= 0.6 is 0 Å². The summed E-state index contributed by atoms with van der Waals surface area (Å²) < 4.78 is 11.1. The van der Waals surface area contributed by atoms with E-state index in [-0.39, 0.29) is 12.4 Å². The Morgan fingerprint density at radius 3 is 2.45 bits per heavy atom. The number of hydrogen-bond acceptors (Lipinski definition) is 3. The molecule has 0 unspecified atom stereocenters. The molecule has 0 aliphatic heterocycles. The zero-order valence-corrected chi connectivity index (χ0v) is 11.8. The molecule has 0 aliphatic rings. The number of carbonyl (C=O) groups is 1. The Morgan fingerprint density at radius 1 is 1.00 bits per heavy atom. The van der Waals surface area contributed by atoms with Crippen LogP contribution in [0.25, 0.3) is 0 Å². The first kappa shape index (κ1) is 14.1. The van der Waals surface area contributed by atoms with E-state index in [1.807, 2.05) is 50.2 Å². The highest BCUT2D eigenvalue weighted by atomic mass is 16.5. The van der Waals surface area contributed by atoms with Gasteiger partial charge in [0, 0.05) is 5.56 Å². The molecule has 3 nitrogen and oxygen atoms in total. The maximum atomic E-state index is 12.0. The lowest BCUT2D eigenvalue weighted by Gasteiger charge is -2.12. The van der Waals surface area contributed by atoms with Gasteiger partial charge in [-0.25, -0.2) is 0 Å². The van der Waals surface area contributed by atoms with E-state index in [4.69, 9.17) is 9.47 Å². The molecule has 0 amide bonds. The van der Waals surface area contributed by atoms with E-state index >= 15 is 0 Å². The molecular weight excluding hydrogens is 252 g/mol. The molecule has 104 valence electrons. The first-order valence-corrected chi connectivity index (χ1v) is 6.65. The second-order valence-corrected chi connectivity index (χ2v) is 4.46. The predicted molar refractivity (Wildman–Crippen MR) is 78.6 cm³/mol. The van der Waals surface area contributed by atoms with E-state index < -0.39 is 0 Å². The number of ketones is 1. The van der Waals surface area contributed by atoms with Gasteiger partial charge in [-0.15, -0.1) is 0 Å². The van der Waals surface area contributed by atoms with Crippen LogP contribution in [0.4, 0.5) is 0 Å². The van der Waals surface area contributed by atoms with Crippen LogP contribution in [0.5, 0.6) is 11.5 Å². The van der Waals surface area contributed by atoms with Crippen molar-refractivity contribution < 1.29 is 14.3 Å². The van der Waals surface area contributed by atoms with Gasteiger partial charge in [-0.05, 0) is 31.5 Å². The Hall–Kier alpha value is -2.29. The Balaban J connectivity index is 2.05. The van der Waals surface area contributed by atoms with Gasteiger partial charge in [-0.1, -0.05) is 36.4 Å². The number of rotatable bonds is 6. The number of aryl methyl sites for hydroxylation is 1. The fourth-order valence-corrected chi connectivity index (χ4v) is 1.85. The Labute approximate surface area is 119 Å². The Kier molecular flexibility index (Phi) is 4.77. The zero-order valence-electron chi connectivity index (χ0n) is 11.8. The van der Waals surface area contributed by atoms with Gasteiger partial charge in [0.05, 0.1) is 6.61 Å². The highest BCUT2D eigenvalue weighted by molar-refractivity contribution is 5.97. The third-order valence-corrected chi connectivity index (χ3v) is 2.85. The minimum absolute atomic E-state index is 0.00709. The van der Waals surface area contributed by atoms with Gasteiger partial charge < -0.3 is 9.47 Å². The molecule has 0 heterocycles. The van der Waals surface area contributed by atoms with Crippen molar-refractivity contribution in [1.29, 1.82) is 0 Å². The van der Waals surface area contributed by atoms with Crippen LogP contribution in [0.2, 0.25) is 0 Å². The smallest absolute Gasteiger partial charge is 0.200 e. The van der Waals surface area contributed by atoms with Gasteiger partial charge in [0.2, 0.25) is 0 Å². The third kappa shape index (κ3) is 3.60. The lowest BCUT2D eigenvalue weighted by molar-refractivity contribution is 0.0919. The van der Waals surface area contributed by atoms with Crippen molar-refractivity contribution in [1.82, 2.24) is 0 Å².